The lowest BCUT2D eigenvalue weighted by Gasteiger charge is -2.40. The highest BCUT2D eigenvalue weighted by Crippen LogP contribution is 2.33. The van der Waals surface area contributed by atoms with Crippen LogP contribution in [0.2, 0.25) is 5.02 Å². The second kappa shape index (κ2) is 6.64. The lowest BCUT2D eigenvalue weighted by molar-refractivity contribution is 0.0713. The van der Waals surface area contributed by atoms with Crippen LogP contribution in [0, 0.1) is 17.7 Å². The molecule has 1 amide bonds. The summed E-state index contributed by atoms with van der Waals surface area (Å²) >= 11 is 5.96. The van der Waals surface area contributed by atoms with Gasteiger partial charge in [0.25, 0.3) is 5.91 Å². The minimum atomic E-state index is -0.479. The van der Waals surface area contributed by atoms with Gasteiger partial charge >= 0.3 is 0 Å². The van der Waals surface area contributed by atoms with Crippen LogP contribution in [0.3, 0.4) is 0 Å². The molecule has 24 heavy (non-hydrogen) atoms. The van der Waals surface area contributed by atoms with E-state index in [0.29, 0.717) is 23.5 Å². The number of fused-ring (bicyclic) bond motifs is 4. The van der Waals surface area contributed by atoms with Crippen LogP contribution in [-0.4, -0.2) is 47.9 Å². The van der Waals surface area contributed by atoms with E-state index >= 15 is 0 Å². The summed E-state index contributed by atoms with van der Waals surface area (Å²) in [6.45, 7) is 3.72. The zero-order valence-electron chi connectivity index (χ0n) is 13.9. The Bertz CT molecular complexity index is 634. The molecule has 0 radical (unpaired) electrons. The number of benzene rings is 1. The molecule has 2 bridgehead atoms. The molecule has 5 heteroatoms. The highest BCUT2D eigenvalue weighted by molar-refractivity contribution is 6.31. The lowest BCUT2D eigenvalue weighted by atomic mass is 9.83. The lowest BCUT2D eigenvalue weighted by Crippen LogP contribution is -2.47. The van der Waals surface area contributed by atoms with Crippen LogP contribution < -0.4 is 0 Å². The van der Waals surface area contributed by atoms with Crippen molar-refractivity contribution in [2.24, 2.45) is 11.8 Å². The van der Waals surface area contributed by atoms with Gasteiger partial charge in [0.05, 0.1) is 5.56 Å². The molecular formula is C19H24ClFN2O. The van der Waals surface area contributed by atoms with Crippen molar-refractivity contribution in [1.29, 1.82) is 0 Å². The van der Waals surface area contributed by atoms with Crippen LogP contribution in [-0.2, 0) is 0 Å². The smallest absolute Gasteiger partial charge is 0.256 e. The molecule has 0 aromatic heterocycles. The molecular weight excluding hydrogens is 327 g/mol. The predicted molar refractivity (Wildman–Crippen MR) is 92.7 cm³/mol. The summed E-state index contributed by atoms with van der Waals surface area (Å²) in [7, 11) is 0. The van der Waals surface area contributed by atoms with Crippen LogP contribution in [0.4, 0.5) is 4.39 Å². The number of hydrogen-bond donors (Lipinski definition) is 0. The fourth-order valence-electron chi connectivity index (χ4n) is 4.41. The number of nitrogens with zero attached hydrogens (tertiary/aromatic N) is 2. The monoisotopic (exact) mass is 350 g/mol. The maximum Gasteiger partial charge on any atom is 0.256 e. The standard InChI is InChI=1S/C19H24ClFN2O/c20-15-5-7-18(21)17(8-15)19(24)23-11-14-4-6-16(12-23)22(10-14)9-13-2-1-3-13/h5,7-8,13-14,16H,1-4,6,9-12H2/t14-,16-/m1/s1. The molecule has 4 aliphatic rings. The first-order valence-corrected chi connectivity index (χ1v) is 9.46. The maximum atomic E-state index is 14.1. The summed E-state index contributed by atoms with van der Waals surface area (Å²) in [5, 5.41) is 0.407. The van der Waals surface area contributed by atoms with Gasteiger partial charge in [-0.1, -0.05) is 18.0 Å². The minimum absolute atomic E-state index is 0.106. The second-order valence-corrected chi connectivity index (χ2v) is 8.12. The Kier molecular flexibility index (Phi) is 4.52. The summed E-state index contributed by atoms with van der Waals surface area (Å²) in [5.74, 6) is 0.665. The van der Waals surface area contributed by atoms with Crippen molar-refractivity contribution in [3.63, 3.8) is 0 Å². The fraction of sp³-hybridized carbons (Fsp3) is 0.632. The molecule has 3 nitrogen and oxygen atoms in total. The van der Waals surface area contributed by atoms with Crippen LogP contribution in [0.15, 0.2) is 18.2 Å². The van der Waals surface area contributed by atoms with Gasteiger partial charge in [-0.05, 0) is 55.7 Å². The molecule has 0 spiro atoms. The number of hydrogen-bond acceptors (Lipinski definition) is 2. The van der Waals surface area contributed by atoms with Crippen LogP contribution in [0.1, 0.15) is 42.5 Å². The van der Waals surface area contributed by atoms with Crippen LogP contribution >= 0.6 is 11.6 Å². The first-order valence-electron chi connectivity index (χ1n) is 9.08. The normalized spacial score (nSPS) is 27.8. The molecule has 1 aromatic carbocycles. The van der Waals surface area contributed by atoms with Gasteiger partial charge in [0.15, 0.2) is 0 Å². The summed E-state index contributed by atoms with van der Waals surface area (Å²) in [6, 6.07) is 4.65. The van der Waals surface area contributed by atoms with E-state index in [1.807, 2.05) is 4.90 Å². The molecule has 3 saturated heterocycles. The molecule has 130 valence electrons. The number of carbonyl (C=O) groups is 1. The maximum absolute atomic E-state index is 14.1. The molecule has 3 aliphatic heterocycles. The van der Waals surface area contributed by atoms with E-state index in [2.05, 4.69) is 4.90 Å². The quantitative estimate of drug-likeness (QED) is 0.827. The van der Waals surface area contributed by atoms with Crippen LogP contribution in [0.5, 0.6) is 0 Å². The van der Waals surface area contributed by atoms with E-state index in [4.69, 9.17) is 11.6 Å². The molecule has 0 N–H and O–H groups in total. The Morgan fingerprint density at radius 3 is 2.75 bits per heavy atom. The zero-order valence-corrected chi connectivity index (χ0v) is 14.6. The number of piperidine rings is 1. The second-order valence-electron chi connectivity index (χ2n) is 7.68. The van der Waals surface area contributed by atoms with Crippen molar-refractivity contribution >= 4 is 17.5 Å². The zero-order chi connectivity index (χ0) is 16.7. The molecule has 1 aromatic rings. The number of amides is 1. The molecule has 2 atom stereocenters. The minimum Gasteiger partial charge on any atom is -0.337 e. The van der Waals surface area contributed by atoms with Crippen molar-refractivity contribution in [2.45, 2.75) is 38.1 Å². The number of rotatable bonds is 3. The Hall–Kier alpha value is -1.13. The van der Waals surface area contributed by atoms with E-state index in [-0.39, 0.29) is 11.5 Å². The largest absolute Gasteiger partial charge is 0.337 e. The van der Waals surface area contributed by atoms with Gasteiger partial charge in [0.1, 0.15) is 5.82 Å². The van der Waals surface area contributed by atoms with Gasteiger partial charge in [0, 0.05) is 37.2 Å². The van der Waals surface area contributed by atoms with Crippen LogP contribution in [0.25, 0.3) is 0 Å². The van der Waals surface area contributed by atoms with Crippen molar-refractivity contribution in [3.05, 3.63) is 34.6 Å². The number of halogens is 2. The topological polar surface area (TPSA) is 23.6 Å². The SMILES string of the molecule is O=C(c1cc(Cl)ccc1F)N1C[C@@H]2CC[C@H](C1)N(CC1CCC1)C2. The molecule has 1 saturated carbocycles. The van der Waals surface area contributed by atoms with E-state index in [1.165, 1.54) is 50.4 Å². The Morgan fingerprint density at radius 1 is 1.17 bits per heavy atom. The summed E-state index contributed by atoms with van der Waals surface area (Å²) < 4.78 is 14.1. The average Bonchev–Trinajstić information content (AvgIpc) is 2.84. The van der Waals surface area contributed by atoms with Gasteiger partial charge in [-0.3, -0.25) is 9.69 Å². The van der Waals surface area contributed by atoms with Gasteiger partial charge in [-0.15, -0.1) is 0 Å². The van der Waals surface area contributed by atoms with Gasteiger partial charge < -0.3 is 4.90 Å². The highest BCUT2D eigenvalue weighted by Gasteiger charge is 2.38. The Morgan fingerprint density at radius 2 is 2.00 bits per heavy atom. The summed E-state index contributed by atoms with van der Waals surface area (Å²) in [6.07, 6.45) is 6.40. The third-order valence-electron chi connectivity index (χ3n) is 5.99. The predicted octanol–water partition coefficient (Wildman–Crippen LogP) is 3.82. The van der Waals surface area contributed by atoms with E-state index in [1.54, 1.807) is 0 Å². The van der Waals surface area contributed by atoms with Gasteiger partial charge in [-0.25, -0.2) is 4.39 Å². The molecule has 4 fully saturated rings. The van der Waals surface area contributed by atoms with E-state index in [0.717, 1.165) is 25.4 Å². The van der Waals surface area contributed by atoms with Crippen molar-refractivity contribution in [2.75, 3.05) is 26.2 Å². The molecule has 0 unspecified atom stereocenters. The highest BCUT2D eigenvalue weighted by atomic mass is 35.5. The third-order valence-corrected chi connectivity index (χ3v) is 6.23. The molecule has 5 rings (SSSR count). The van der Waals surface area contributed by atoms with Crippen molar-refractivity contribution < 1.29 is 9.18 Å². The first-order chi connectivity index (χ1) is 11.6. The van der Waals surface area contributed by atoms with Crippen molar-refractivity contribution in [3.8, 4) is 0 Å². The molecule has 1 aliphatic carbocycles. The van der Waals surface area contributed by atoms with Gasteiger partial charge in [-0.2, -0.15) is 0 Å². The first kappa shape index (κ1) is 16.3. The third kappa shape index (κ3) is 3.18. The van der Waals surface area contributed by atoms with E-state index in [9.17, 15) is 9.18 Å². The number of carbonyl (C=O) groups excluding carboxylic acids is 1. The van der Waals surface area contributed by atoms with E-state index < -0.39 is 5.82 Å². The summed E-state index contributed by atoms with van der Waals surface area (Å²) in [4.78, 5) is 17.3. The Balaban J connectivity index is 1.50. The Labute approximate surface area is 147 Å². The van der Waals surface area contributed by atoms with Gasteiger partial charge in [0.2, 0.25) is 0 Å². The molecule has 3 heterocycles. The fourth-order valence-corrected chi connectivity index (χ4v) is 4.58. The average molecular weight is 351 g/mol. The summed E-state index contributed by atoms with van der Waals surface area (Å²) in [5.41, 5.74) is 0.106. The van der Waals surface area contributed by atoms with Crippen molar-refractivity contribution in [1.82, 2.24) is 9.80 Å².